The summed E-state index contributed by atoms with van der Waals surface area (Å²) >= 11 is 0. The summed E-state index contributed by atoms with van der Waals surface area (Å²) in [6, 6.07) is 18.9. The van der Waals surface area contributed by atoms with Gasteiger partial charge in [0, 0.05) is 0 Å². The molecule has 0 saturated heterocycles. The van der Waals surface area contributed by atoms with E-state index < -0.39 is 8.07 Å². The molecular formula is C17H20OSi. The van der Waals surface area contributed by atoms with E-state index >= 15 is 0 Å². The minimum atomic E-state index is -1.53. The fourth-order valence-corrected chi connectivity index (χ4v) is 3.81. The molecule has 0 amide bonds. The van der Waals surface area contributed by atoms with Crippen molar-refractivity contribution in [2.24, 2.45) is 0 Å². The molecule has 0 spiro atoms. The van der Waals surface area contributed by atoms with E-state index in [1.54, 1.807) is 7.11 Å². The number of hydrogen-bond acceptors (Lipinski definition) is 1. The van der Waals surface area contributed by atoms with Gasteiger partial charge < -0.3 is 4.74 Å². The molecule has 0 aliphatic heterocycles. The van der Waals surface area contributed by atoms with Crippen molar-refractivity contribution in [2.75, 3.05) is 7.11 Å². The van der Waals surface area contributed by atoms with Crippen molar-refractivity contribution in [3.63, 3.8) is 0 Å². The highest BCUT2D eigenvalue weighted by Gasteiger charge is 2.19. The molecule has 0 aliphatic carbocycles. The van der Waals surface area contributed by atoms with Crippen LogP contribution in [0.2, 0.25) is 13.1 Å². The van der Waals surface area contributed by atoms with Gasteiger partial charge in [-0.2, -0.15) is 0 Å². The third kappa shape index (κ3) is 3.58. The number of hydrogen-bond donors (Lipinski definition) is 0. The second-order valence-electron chi connectivity index (χ2n) is 5.19. The molecule has 0 aliphatic rings. The van der Waals surface area contributed by atoms with E-state index in [9.17, 15) is 0 Å². The summed E-state index contributed by atoms with van der Waals surface area (Å²) in [5.41, 5.74) is 3.64. The van der Waals surface area contributed by atoms with E-state index in [0.29, 0.717) is 0 Å². The van der Waals surface area contributed by atoms with Gasteiger partial charge in [0.2, 0.25) is 0 Å². The molecule has 2 aromatic carbocycles. The summed E-state index contributed by atoms with van der Waals surface area (Å²) in [6.45, 7) is 4.71. The average molecular weight is 268 g/mol. The van der Waals surface area contributed by atoms with Gasteiger partial charge in [-0.3, -0.25) is 0 Å². The molecule has 98 valence electrons. The average Bonchev–Trinajstić information content (AvgIpc) is 2.46. The van der Waals surface area contributed by atoms with Crippen molar-refractivity contribution in [2.45, 2.75) is 13.1 Å². The van der Waals surface area contributed by atoms with E-state index in [4.69, 9.17) is 4.74 Å². The van der Waals surface area contributed by atoms with Crippen LogP contribution in [-0.2, 0) is 0 Å². The SMILES string of the molecule is COc1ccc([Si](C)(C)/C=C/c2ccccc2)cc1. The molecule has 0 heterocycles. The number of ether oxygens (including phenoxy) is 1. The summed E-state index contributed by atoms with van der Waals surface area (Å²) in [5.74, 6) is 0.917. The normalized spacial score (nSPS) is 11.7. The van der Waals surface area contributed by atoms with Crippen molar-refractivity contribution >= 4 is 19.3 Å². The Bertz CT molecular complexity index is 541. The Hall–Kier alpha value is -1.80. The molecule has 2 heteroatoms. The minimum Gasteiger partial charge on any atom is -0.497 e. The lowest BCUT2D eigenvalue weighted by Gasteiger charge is -2.18. The summed E-state index contributed by atoms with van der Waals surface area (Å²) in [5, 5.41) is 1.42. The molecular weight excluding hydrogens is 248 g/mol. The van der Waals surface area contributed by atoms with Crippen LogP contribution in [0.5, 0.6) is 5.75 Å². The molecule has 0 unspecified atom stereocenters. The maximum atomic E-state index is 5.21. The predicted molar refractivity (Wildman–Crippen MR) is 85.6 cm³/mol. The fraction of sp³-hybridized carbons (Fsp3) is 0.176. The van der Waals surface area contributed by atoms with E-state index in [1.807, 2.05) is 18.2 Å². The van der Waals surface area contributed by atoms with Crippen molar-refractivity contribution in [3.8, 4) is 5.75 Å². The molecule has 2 aromatic rings. The highest BCUT2D eigenvalue weighted by molar-refractivity contribution is 6.94. The van der Waals surface area contributed by atoms with Gasteiger partial charge in [-0.15, -0.1) is 0 Å². The molecule has 0 aromatic heterocycles. The van der Waals surface area contributed by atoms with Gasteiger partial charge in [0.25, 0.3) is 0 Å². The van der Waals surface area contributed by atoms with Crippen molar-refractivity contribution in [3.05, 3.63) is 65.9 Å². The van der Waals surface area contributed by atoms with E-state index in [0.717, 1.165) is 5.75 Å². The van der Waals surface area contributed by atoms with Gasteiger partial charge in [-0.25, -0.2) is 0 Å². The second-order valence-corrected chi connectivity index (χ2v) is 9.55. The number of methoxy groups -OCH3 is 1. The maximum absolute atomic E-state index is 5.21. The van der Waals surface area contributed by atoms with Gasteiger partial charge in [0.05, 0.1) is 7.11 Å². The monoisotopic (exact) mass is 268 g/mol. The predicted octanol–water partition coefficient (Wildman–Crippen LogP) is 3.86. The first-order valence-corrected chi connectivity index (χ1v) is 9.58. The van der Waals surface area contributed by atoms with Crippen LogP contribution in [0.3, 0.4) is 0 Å². The molecule has 19 heavy (non-hydrogen) atoms. The molecule has 0 atom stereocenters. The van der Waals surface area contributed by atoms with Crippen LogP contribution in [0.1, 0.15) is 5.56 Å². The Labute approximate surface area is 116 Å². The topological polar surface area (TPSA) is 9.23 Å². The van der Waals surface area contributed by atoms with Gasteiger partial charge in [0.1, 0.15) is 13.8 Å². The molecule has 2 rings (SSSR count). The molecule has 0 bridgehead atoms. The first-order valence-electron chi connectivity index (χ1n) is 6.51. The zero-order chi connectivity index (χ0) is 13.7. The minimum absolute atomic E-state index is 0.917. The lowest BCUT2D eigenvalue weighted by molar-refractivity contribution is 0.415. The molecule has 0 fully saturated rings. The highest BCUT2D eigenvalue weighted by atomic mass is 28.3. The van der Waals surface area contributed by atoms with Crippen LogP contribution in [0.15, 0.2) is 60.3 Å². The Morgan fingerprint density at radius 3 is 2.11 bits per heavy atom. The van der Waals surface area contributed by atoms with Crippen LogP contribution in [-0.4, -0.2) is 15.2 Å². The van der Waals surface area contributed by atoms with Crippen molar-refractivity contribution < 1.29 is 4.74 Å². The van der Waals surface area contributed by atoms with Crippen LogP contribution in [0.25, 0.3) is 6.08 Å². The molecule has 0 N–H and O–H groups in total. The smallest absolute Gasteiger partial charge is 0.118 e. The van der Waals surface area contributed by atoms with Crippen LogP contribution >= 0.6 is 0 Å². The third-order valence-electron chi connectivity index (χ3n) is 3.33. The van der Waals surface area contributed by atoms with Crippen molar-refractivity contribution in [1.82, 2.24) is 0 Å². The standard InChI is InChI=1S/C17H20OSi/c1-18-16-9-11-17(12-10-16)19(2,3)14-13-15-7-5-4-6-8-15/h4-14H,1-3H3/b14-13+. The summed E-state index contributed by atoms with van der Waals surface area (Å²) in [4.78, 5) is 0. The first kappa shape index (κ1) is 13.6. The van der Waals surface area contributed by atoms with Gasteiger partial charge in [-0.05, 0) is 17.7 Å². The van der Waals surface area contributed by atoms with E-state index in [1.165, 1.54) is 10.8 Å². The third-order valence-corrected chi connectivity index (χ3v) is 6.15. The van der Waals surface area contributed by atoms with Gasteiger partial charge >= 0.3 is 0 Å². The van der Waals surface area contributed by atoms with Crippen LogP contribution in [0.4, 0.5) is 0 Å². The zero-order valence-corrected chi connectivity index (χ0v) is 12.8. The van der Waals surface area contributed by atoms with Crippen LogP contribution < -0.4 is 9.92 Å². The highest BCUT2D eigenvalue weighted by Crippen LogP contribution is 2.13. The Morgan fingerprint density at radius 2 is 1.53 bits per heavy atom. The zero-order valence-electron chi connectivity index (χ0n) is 11.8. The lowest BCUT2D eigenvalue weighted by Crippen LogP contribution is -2.39. The molecule has 1 nitrogen and oxygen atoms in total. The lowest BCUT2D eigenvalue weighted by atomic mass is 10.2. The van der Waals surface area contributed by atoms with Crippen LogP contribution in [0, 0.1) is 0 Å². The number of rotatable bonds is 4. The van der Waals surface area contributed by atoms with E-state index in [2.05, 4.69) is 61.3 Å². The number of benzene rings is 2. The fourth-order valence-electron chi connectivity index (χ4n) is 1.99. The summed E-state index contributed by atoms with van der Waals surface area (Å²) in [7, 11) is 0.167. The van der Waals surface area contributed by atoms with Gasteiger partial charge in [0.15, 0.2) is 0 Å². The molecule has 0 saturated carbocycles. The van der Waals surface area contributed by atoms with E-state index in [-0.39, 0.29) is 0 Å². The Balaban J connectivity index is 2.19. The summed E-state index contributed by atoms with van der Waals surface area (Å²) < 4.78 is 5.21. The second kappa shape index (κ2) is 5.89. The Kier molecular flexibility index (Phi) is 4.22. The maximum Gasteiger partial charge on any atom is 0.118 e. The first-order chi connectivity index (χ1) is 9.12. The van der Waals surface area contributed by atoms with Gasteiger partial charge in [-0.1, -0.05) is 72.5 Å². The quantitative estimate of drug-likeness (QED) is 0.765. The summed E-state index contributed by atoms with van der Waals surface area (Å²) in [6.07, 6.45) is 2.23. The largest absolute Gasteiger partial charge is 0.497 e. The van der Waals surface area contributed by atoms with Crippen molar-refractivity contribution in [1.29, 1.82) is 0 Å². The Morgan fingerprint density at radius 1 is 0.895 bits per heavy atom. The molecule has 0 radical (unpaired) electrons.